The number of thiazole rings is 1. The summed E-state index contributed by atoms with van der Waals surface area (Å²) in [4.78, 5) is 4.80. The van der Waals surface area contributed by atoms with Crippen LogP contribution in [0.2, 0.25) is 0 Å². The fourth-order valence-electron chi connectivity index (χ4n) is 3.35. The molecule has 0 unspecified atom stereocenters. The summed E-state index contributed by atoms with van der Waals surface area (Å²) in [7, 11) is 0. The van der Waals surface area contributed by atoms with Crippen molar-refractivity contribution in [2.24, 2.45) is 0 Å². The lowest BCUT2D eigenvalue weighted by atomic mass is 10.1. The SMILES string of the molecule is CCn1c(SCc2csc(-c3ccc4c(c3)OCO4)n2)nnc1-c1cccc(C)c1. The third kappa shape index (κ3) is 3.68. The van der Waals surface area contributed by atoms with E-state index in [1.165, 1.54) is 5.56 Å². The largest absolute Gasteiger partial charge is 0.454 e. The Morgan fingerprint density at radius 1 is 1.07 bits per heavy atom. The third-order valence-corrected chi connectivity index (χ3v) is 6.77. The Morgan fingerprint density at radius 2 is 1.97 bits per heavy atom. The predicted molar refractivity (Wildman–Crippen MR) is 119 cm³/mol. The summed E-state index contributed by atoms with van der Waals surface area (Å²) in [6.07, 6.45) is 0. The van der Waals surface area contributed by atoms with Gasteiger partial charge in [0.25, 0.3) is 0 Å². The highest BCUT2D eigenvalue weighted by atomic mass is 32.2. The van der Waals surface area contributed by atoms with E-state index in [0.717, 1.165) is 56.6 Å². The first-order valence-corrected chi connectivity index (χ1v) is 11.6. The smallest absolute Gasteiger partial charge is 0.231 e. The molecule has 2 aromatic carbocycles. The van der Waals surface area contributed by atoms with Gasteiger partial charge < -0.3 is 14.0 Å². The third-order valence-electron chi connectivity index (χ3n) is 4.83. The van der Waals surface area contributed by atoms with E-state index in [0.29, 0.717) is 0 Å². The van der Waals surface area contributed by atoms with Crippen molar-refractivity contribution in [1.29, 1.82) is 0 Å². The zero-order chi connectivity index (χ0) is 20.5. The lowest BCUT2D eigenvalue weighted by Gasteiger charge is -2.07. The lowest BCUT2D eigenvalue weighted by molar-refractivity contribution is 0.174. The van der Waals surface area contributed by atoms with Crippen molar-refractivity contribution in [2.45, 2.75) is 31.3 Å². The topological polar surface area (TPSA) is 62.1 Å². The average Bonchev–Trinajstić information content (AvgIpc) is 3.50. The Balaban J connectivity index is 1.32. The lowest BCUT2D eigenvalue weighted by Crippen LogP contribution is -2.00. The van der Waals surface area contributed by atoms with Gasteiger partial charge in [-0.25, -0.2) is 4.98 Å². The van der Waals surface area contributed by atoms with Gasteiger partial charge in [-0.05, 0) is 38.1 Å². The summed E-state index contributed by atoms with van der Waals surface area (Å²) in [5.74, 6) is 3.21. The number of rotatable bonds is 6. The molecule has 6 nitrogen and oxygen atoms in total. The van der Waals surface area contributed by atoms with E-state index in [1.54, 1.807) is 23.1 Å². The minimum atomic E-state index is 0.279. The molecule has 1 aliphatic rings. The highest BCUT2D eigenvalue weighted by Gasteiger charge is 2.17. The molecule has 0 amide bonds. The number of nitrogens with zero attached hydrogens (tertiary/aromatic N) is 4. The molecular formula is C22H20N4O2S2. The minimum absolute atomic E-state index is 0.279. The Kier molecular flexibility index (Phi) is 5.18. The van der Waals surface area contributed by atoms with Gasteiger partial charge >= 0.3 is 0 Å². The second-order valence-electron chi connectivity index (χ2n) is 6.92. The highest BCUT2D eigenvalue weighted by molar-refractivity contribution is 7.98. The van der Waals surface area contributed by atoms with Crippen LogP contribution in [0.15, 0.2) is 53.0 Å². The molecule has 152 valence electrons. The van der Waals surface area contributed by atoms with Crippen molar-refractivity contribution in [3.05, 3.63) is 59.1 Å². The van der Waals surface area contributed by atoms with Crippen molar-refractivity contribution in [1.82, 2.24) is 19.7 Å². The van der Waals surface area contributed by atoms with Crippen LogP contribution in [0.4, 0.5) is 0 Å². The van der Waals surface area contributed by atoms with Crippen LogP contribution in [0, 0.1) is 6.92 Å². The van der Waals surface area contributed by atoms with Gasteiger partial charge in [0.2, 0.25) is 6.79 Å². The fourth-order valence-corrected chi connectivity index (χ4v) is 5.17. The standard InChI is InChI=1S/C22H20N4O2S2/c1-3-26-20(15-6-4-5-14(2)9-15)24-25-22(26)30-12-17-11-29-21(23-17)16-7-8-18-19(10-16)28-13-27-18/h4-11H,3,12-13H2,1-2H3. The molecular weight excluding hydrogens is 416 g/mol. The zero-order valence-corrected chi connectivity index (χ0v) is 18.3. The van der Waals surface area contributed by atoms with Crippen LogP contribution in [-0.4, -0.2) is 26.5 Å². The average molecular weight is 437 g/mol. The maximum Gasteiger partial charge on any atom is 0.231 e. The Labute approximate surface area is 182 Å². The van der Waals surface area contributed by atoms with Crippen LogP contribution >= 0.6 is 23.1 Å². The summed E-state index contributed by atoms with van der Waals surface area (Å²) in [6, 6.07) is 14.3. The second-order valence-corrected chi connectivity index (χ2v) is 8.72. The van der Waals surface area contributed by atoms with Gasteiger partial charge in [-0.2, -0.15) is 0 Å². The molecule has 2 aromatic heterocycles. The number of ether oxygens (including phenoxy) is 2. The Morgan fingerprint density at radius 3 is 2.83 bits per heavy atom. The molecule has 0 saturated heterocycles. The summed E-state index contributed by atoms with van der Waals surface area (Å²) in [5.41, 5.74) is 4.38. The summed E-state index contributed by atoms with van der Waals surface area (Å²) in [6.45, 7) is 5.30. The summed E-state index contributed by atoms with van der Waals surface area (Å²) < 4.78 is 13.0. The van der Waals surface area contributed by atoms with Gasteiger partial charge in [-0.3, -0.25) is 0 Å². The first kappa shape index (κ1) is 19.1. The van der Waals surface area contributed by atoms with E-state index < -0.39 is 0 Å². The molecule has 5 rings (SSSR count). The van der Waals surface area contributed by atoms with E-state index in [-0.39, 0.29) is 6.79 Å². The normalized spacial score (nSPS) is 12.5. The Bertz CT molecular complexity index is 1200. The fraction of sp³-hybridized carbons (Fsp3) is 0.227. The number of aryl methyl sites for hydroxylation is 1. The summed E-state index contributed by atoms with van der Waals surface area (Å²) >= 11 is 3.30. The van der Waals surface area contributed by atoms with Crippen LogP contribution < -0.4 is 9.47 Å². The van der Waals surface area contributed by atoms with Crippen molar-refractivity contribution in [2.75, 3.05) is 6.79 Å². The highest BCUT2D eigenvalue weighted by Crippen LogP contribution is 2.37. The monoisotopic (exact) mass is 436 g/mol. The number of aromatic nitrogens is 4. The van der Waals surface area contributed by atoms with Gasteiger partial charge in [-0.15, -0.1) is 21.5 Å². The quantitative estimate of drug-likeness (QED) is 0.376. The van der Waals surface area contributed by atoms with E-state index in [2.05, 4.69) is 58.3 Å². The van der Waals surface area contributed by atoms with Crippen LogP contribution in [-0.2, 0) is 12.3 Å². The first-order valence-electron chi connectivity index (χ1n) is 9.68. The van der Waals surface area contributed by atoms with Crippen LogP contribution in [0.5, 0.6) is 11.5 Å². The maximum absolute atomic E-state index is 5.48. The molecule has 0 spiro atoms. The molecule has 0 bridgehead atoms. The van der Waals surface area contributed by atoms with Crippen molar-refractivity contribution in [3.63, 3.8) is 0 Å². The van der Waals surface area contributed by atoms with Crippen LogP contribution in [0.3, 0.4) is 0 Å². The van der Waals surface area contributed by atoms with Crippen molar-refractivity contribution >= 4 is 23.1 Å². The van der Waals surface area contributed by atoms with E-state index >= 15 is 0 Å². The number of hydrogen-bond acceptors (Lipinski definition) is 7. The molecule has 0 aliphatic carbocycles. The number of thioether (sulfide) groups is 1. The van der Waals surface area contributed by atoms with Crippen molar-refractivity contribution in [3.8, 4) is 33.5 Å². The molecule has 30 heavy (non-hydrogen) atoms. The van der Waals surface area contributed by atoms with Gasteiger partial charge in [0.15, 0.2) is 22.5 Å². The number of fused-ring (bicyclic) bond motifs is 1. The van der Waals surface area contributed by atoms with Crippen molar-refractivity contribution < 1.29 is 9.47 Å². The molecule has 8 heteroatoms. The van der Waals surface area contributed by atoms with Gasteiger partial charge in [0.1, 0.15) is 5.01 Å². The Hall–Kier alpha value is -2.84. The predicted octanol–water partition coefficient (Wildman–Crippen LogP) is 5.42. The number of hydrogen-bond donors (Lipinski definition) is 0. The minimum Gasteiger partial charge on any atom is -0.454 e. The van der Waals surface area contributed by atoms with E-state index in [4.69, 9.17) is 14.5 Å². The number of benzene rings is 2. The second kappa shape index (κ2) is 8.12. The molecule has 3 heterocycles. The molecule has 0 fully saturated rings. The molecule has 0 saturated carbocycles. The molecule has 1 aliphatic heterocycles. The zero-order valence-electron chi connectivity index (χ0n) is 16.7. The van der Waals surface area contributed by atoms with Gasteiger partial charge in [-0.1, -0.05) is 35.5 Å². The van der Waals surface area contributed by atoms with Gasteiger partial charge in [0.05, 0.1) is 5.69 Å². The van der Waals surface area contributed by atoms with E-state index in [9.17, 15) is 0 Å². The molecule has 4 aromatic rings. The molecule has 0 radical (unpaired) electrons. The van der Waals surface area contributed by atoms with Crippen LogP contribution in [0.25, 0.3) is 22.0 Å². The first-order chi connectivity index (χ1) is 14.7. The maximum atomic E-state index is 5.48. The van der Waals surface area contributed by atoms with Crippen LogP contribution in [0.1, 0.15) is 18.2 Å². The molecule has 0 N–H and O–H groups in total. The van der Waals surface area contributed by atoms with Gasteiger partial charge in [0, 0.05) is 28.8 Å². The van der Waals surface area contributed by atoms with E-state index in [1.807, 2.05) is 18.2 Å². The molecule has 0 atom stereocenters. The summed E-state index contributed by atoms with van der Waals surface area (Å²) in [5, 5.41) is 12.9.